The number of rotatable bonds is 8. The maximum atomic E-state index is 12.1. The standard InChI is InChI=1S/C21H19NO5/c1-3-4-13-27-18-11-9-15(14-19(18)26-2)10-12-20(23)22-17-8-6-5-7-16(17)21(24)25/h1,5-12,14H,4,13H2,2H3,(H,22,23)(H,24,25). The number of amides is 1. The number of hydrogen-bond acceptors (Lipinski definition) is 4. The molecule has 0 saturated heterocycles. The summed E-state index contributed by atoms with van der Waals surface area (Å²) < 4.78 is 10.8. The van der Waals surface area contributed by atoms with Crippen LogP contribution in [0.2, 0.25) is 0 Å². The maximum absolute atomic E-state index is 12.1. The van der Waals surface area contributed by atoms with Crippen molar-refractivity contribution in [2.75, 3.05) is 19.0 Å². The molecule has 0 spiro atoms. The third-order valence-corrected chi connectivity index (χ3v) is 3.53. The van der Waals surface area contributed by atoms with Crippen LogP contribution in [0.1, 0.15) is 22.3 Å². The van der Waals surface area contributed by atoms with Crippen LogP contribution in [0.25, 0.3) is 6.08 Å². The van der Waals surface area contributed by atoms with Gasteiger partial charge in [-0.05, 0) is 35.9 Å². The largest absolute Gasteiger partial charge is 0.493 e. The predicted molar refractivity (Wildman–Crippen MR) is 103 cm³/mol. The molecule has 0 aliphatic carbocycles. The van der Waals surface area contributed by atoms with Gasteiger partial charge in [0.15, 0.2) is 11.5 Å². The first kappa shape index (κ1) is 19.6. The van der Waals surface area contributed by atoms with Crippen LogP contribution < -0.4 is 14.8 Å². The van der Waals surface area contributed by atoms with Gasteiger partial charge in [-0.2, -0.15) is 0 Å². The Morgan fingerprint density at radius 1 is 1.22 bits per heavy atom. The number of nitrogens with one attached hydrogen (secondary N) is 1. The SMILES string of the molecule is C#CCCOc1ccc(C=CC(=O)Nc2ccccc2C(=O)O)cc1OC. The number of terminal acetylenes is 1. The highest BCUT2D eigenvalue weighted by Crippen LogP contribution is 2.28. The lowest BCUT2D eigenvalue weighted by Gasteiger charge is -2.10. The van der Waals surface area contributed by atoms with Crippen LogP contribution in [-0.4, -0.2) is 30.7 Å². The summed E-state index contributed by atoms with van der Waals surface area (Å²) in [5.41, 5.74) is 0.974. The first-order chi connectivity index (χ1) is 13.0. The number of hydrogen-bond donors (Lipinski definition) is 2. The van der Waals surface area contributed by atoms with E-state index in [2.05, 4.69) is 11.2 Å². The number of aromatic carboxylic acids is 1. The minimum atomic E-state index is -1.11. The summed E-state index contributed by atoms with van der Waals surface area (Å²) in [6.45, 7) is 0.382. The van der Waals surface area contributed by atoms with Gasteiger partial charge in [-0.3, -0.25) is 4.79 Å². The lowest BCUT2D eigenvalue weighted by atomic mass is 10.1. The van der Waals surface area contributed by atoms with Gasteiger partial charge in [0.05, 0.1) is 25.0 Å². The lowest BCUT2D eigenvalue weighted by molar-refractivity contribution is -0.111. The number of carboxylic acid groups (broad SMARTS) is 1. The normalized spacial score (nSPS) is 10.2. The van der Waals surface area contributed by atoms with Crippen LogP contribution >= 0.6 is 0 Å². The molecule has 2 N–H and O–H groups in total. The zero-order valence-electron chi connectivity index (χ0n) is 14.8. The Balaban J connectivity index is 2.08. The molecule has 2 aromatic rings. The van der Waals surface area contributed by atoms with Crippen molar-refractivity contribution >= 4 is 23.6 Å². The fraction of sp³-hybridized carbons (Fsp3) is 0.143. The molecule has 2 rings (SSSR count). The van der Waals surface area contributed by atoms with E-state index in [1.165, 1.54) is 25.3 Å². The maximum Gasteiger partial charge on any atom is 0.337 e. The van der Waals surface area contributed by atoms with Gasteiger partial charge in [-0.25, -0.2) is 4.79 Å². The second-order valence-corrected chi connectivity index (χ2v) is 5.39. The molecule has 2 aromatic carbocycles. The van der Waals surface area contributed by atoms with Crippen LogP contribution in [0.4, 0.5) is 5.69 Å². The smallest absolute Gasteiger partial charge is 0.337 e. The highest BCUT2D eigenvalue weighted by Gasteiger charge is 2.10. The summed E-state index contributed by atoms with van der Waals surface area (Å²) >= 11 is 0. The minimum absolute atomic E-state index is 0.0226. The van der Waals surface area contributed by atoms with E-state index < -0.39 is 11.9 Å². The molecule has 1 amide bonds. The van der Waals surface area contributed by atoms with Crippen molar-refractivity contribution < 1.29 is 24.2 Å². The Labute approximate surface area is 157 Å². The molecule has 27 heavy (non-hydrogen) atoms. The Morgan fingerprint density at radius 3 is 2.70 bits per heavy atom. The predicted octanol–water partition coefficient (Wildman–Crippen LogP) is 3.45. The monoisotopic (exact) mass is 365 g/mol. The first-order valence-corrected chi connectivity index (χ1v) is 8.11. The van der Waals surface area contributed by atoms with E-state index in [4.69, 9.17) is 21.0 Å². The third-order valence-electron chi connectivity index (χ3n) is 3.53. The molecule has 6 nitrogen and oxygen atoms in total. The molecule has 0 aliphatic rings. The molecular formula is C21H19NO5. The molecule has 138 valence electrons. The lowest BCUT2D eigenvalue weighted by Crippen LogP contribution is -2.11. The number of carbonyl (C=O) groups excluding carboxylic acids is 1. The summed E-state index contributed by atoms with van der Waals surface area (Å²) in [5.74, 6) is 2.01. The van der Waals surface area contributed by atoms with Crippen molar-refractivity contribution in [1.82, 2.24) is 0 Å². The Morgan fingerprint density at radius 2 is 2.00 bits per heavy atom. The zero-order chi connectivity index (χ0) is 19.6. The molecule has 0 bridgehead atoms. The number of para-hydroxylation sites is 1. The number of methoxy groups -OCH3 is 1. The third kappa shape index (κ3) is 5.65. The Bertz CT molecular complexity index is 896. The van der Waals surface area contributed by atoms with Crippen LogP contribution in [0.5, 0.6) is 11.5 Å². The molecule has 0 atom stereocenters. The molecule has 6 heteroatoms. The van der Waals surface area contributed by atoms with Crippen LogP contribution in [0.3, 0.4) is 0 Å². The van der Waals surface area contributed by atoms with Crippen molar-refractivity contribution in [3.05, 3.63) is 59.7 Å². The van der Waals surface area contributed by atoms with Gasteiger partial charge in [0.2, 0.25) is 5.91 Å². The van der Waals surface area contributed by atoms with E-state index in [1.54, 1.807) is 36.4 Å². The minimum Gasteiger partial charge on any atom is -0.493 e. The highest BCUT2D eigenvalue weighted by molar-refractivity contribution is 6.06. The van der Waals surface area contributed by atoms with Crippen molar-refractivity contribution in [3.8, 4) is 23.8 Å². The Kier molecular flexibility index (Phi) is 7.03. The topological polar surface area (TPSA) is 84.9 Å². The number of carboxylic acids is 1. The zero-order valence-corrected chi connectivity index (χ0v) is 14.8. The number of anilines is 1. The first-order valence-electron chi connectivity index (χ1n) is 8.11. The second-order valence-electron chi connectivity index (χ2n) is 5.39. The van der Waals surface area contributed by atoms with Crippen LogP contribution in [0.15, 0.2) is 48.5 Å². The Hall–Kier alpha value is -3.72. The van der Waals surface area contributed by atoms with Gasteiger partial charge in [-0.15, -0.1) is 12.3 Å². The van der Waals surface area contributed by atoms with Crippen molar-refractivity contribution in [3.63, 3.8) is 0 Å². The second kappa shape index (κ2) is 9.68. The van der Waals surface area contributed by atoms with Gasteiger partial charge >= 0.3 is 5.97 Å². The van der Waals surface area contributed by atoms with E-state index in [1.807, 2.05) is 0 Å². The average Bonchev–Trinajstić information content (AvgIpc) is 2.67. The molecule has 0 aromatic heterocycles. The summed E-state index contributed by atoms with van der Waals surface area (Å²) in [6, 6.07) is 11.4. The molecule has 0 unspecified atom stereocenters. The van der Waals surface area contributed by atoms with Crippen LogP contribution in [-0.2, 0) is 4.79 Å². The number of benzene rings is 2. The van der Waals surface area contributed by atoms with E-state index in [-0.39, 0.29) is 11.3 Å². The average molecular weight is 365 g/mol. The van der Waals surface area contributed by atoms with Gasteiger partial charge in [-0.1, -0.05) is 18.2 Å². The van der Waals surface area contributed by atoms with Gasteiger partial charge in [0, 0.05) is 12.5 Å². The molecule has 0 aliphatic heterocycles. The molecular weight excluding hydrogens is 346 g/mol. The summed E-state index contributed by atoms with van der Waals surface area (Å²) in [5, 5.41) is 11.7. The van der Waals surface area contributed by atoms with E-state index in [0.717, 1.165) is 5.56 Å². The quantitative estimate of drug-likeness (QED) is 0.425. The molecule has 0 heterocycles. The van der Waals surface area contributed by atoms with Gasteiger partial charge in [0.1, 0.15) is 0 Å². The van der Waals surface area contributed by atoms with E-state index >= 15 is 0 Å². The fourth-order valence-electron chi connectivity index (χ4n) is 2.25. The van der Waals surface area contributed by atoms with Crippen molar-refractivity contribution in [2.45, 2.75) is 6.42 Å². The van der Waals surface area contributed by atoms with E-state index in [9.17, 15) is 9.59 Å². The highest BCUT2D eigenvalue weighted by atomic mass is 16.5. The van der Waals surface area contributed by atoms with Gasteiger partial charge in [0.25, 0.3) is 0 Å². The van der Waals surface area contributed by atoms with Gasteiger partial charge < -0.3 is 19.9 Å². The summed E-state index contributed by atoms with van der Waals surface area (Å²) in [4.78, 5) is 23.3. The molecule has 0 radical (unpaired) electrons. The van der Waals surface area contributed by atoms with Crippen molar-refractivity contribution in [1.29, 1.82) is 0 Å². The van der Waals surface area contributed by atoms with Crippen molar-refractivity contribution in [2.24, 2.45) is 0 Å². The fourth-order valence-corrected chi connectivity index (χ4v) is 2.25. The molecule has 0 fully saturated rings. The number of ether oxygens (including phenoxy) is 2. The number of carbonyl (C=O) groups is 2. The molecule has 0 saturated carbocycles. The van der Waals surface area contributed by atoms with Crippen LogP contribution in [0, 0.1) is 12.3 Å². The summed E-state index contributed by atoms with van der Waals surface area (Å²) in [6.07, 6.45) is 8.59. The summed E-state index contributed by atoms with van der Waals surface area (Å²) in [7, 11) is 1.52. The van der Waals surface area contributed by atoms with E-state index in [0.29, 0.717) is 24.5 Å².